The number of nitrogens with zero attached hydrogens (tertiary/aromatic N) is 2. The van der Waals surface area contributed by atoms with Crippen LogP contribution >= 0.6 is 23.4 Å². The van der Waals surface area contributed by atoms with Crippen LogP contribution in [-0.4, -0.2) is 27.5 Å². The molecule has 2 atom stereocenters. The van der Waals surface area contributed by atoms with E-state index in [2.05, 4.69) is 28.5 Å². The highest BCUT2D eigenvalue weighted by molar-refractivity contribution is 7.99. The van der Waals surface area contributed by atoms with Crippen molar-refractivity contribution < 1.29 is 0 Å². The van der Waals surface area contributed by atoms with Crippen LogP contribution in [0.4, 0.5) is 5.82 Å². The number of aromatic nitrogens is 2. The molecule has 106 valence electrons. The predicted octanol–water partition coefficient (Wildman–Crippen LogP) is 4.09. The standard InChI is InChI=1S/C14H22ClN3S/c1-4-5-12-17-13(15)9(2)14(18-12)16-10-6-7-11(8-10)19-3/h10-11H,4-8H2,1-3H3,(H,16,17,18). The van der Waals surface area contributed by atoms with Gasteiger partial charge in [0.05, 0.1) is 0 Å². The molecule has 0 radical (unpaired) electrons. The molecule has 0 saturated heterocycles. The molecule has 1 aromatic heterocycles. The van der Waals surface area contributed by atoms with Gasteiger partial charge in [-0.1, -0.05) is 18.5 Å². The minimum Gasteiger partial charge on any atom is -0.367 e. The van der Waals surface area contributed by atoms with Gasteiger partial charge < -0.3 is 5.32 Å². The summed E-state index contributed by atoms with van der Waals surface area (Å²) in [7, 11) is 0. The minimum absolute atomic E-state index is 0.525. The van der Waals surface area contributed by atoms with E-state index in [-0.39, 0.29) is 0 Å². The highest BCUT2D eigenvalue weighted by atomic mass is 35.5. The summed E-state index contributed by atoms with van der Waals surface area (Å²) in [4.78, 5) is 8.96. The molecule has 2 unspecified atom stereocenters. The highest BCUT2D eigenvalue weighted by Gasteiger charge is 2.24. The third kappa shape index (κ3) is 3.76. The van der Waals surface area contributed by atoms with Crippen molar-refractivity contribution >= 4 is 29.2 Å². The molecule has 1 aliphatic rings. The summed E-state index contributed by atoms with van der Waals surface area (Å²) in [6, 6.07) is 0.525. The predicted molar refractivity (Wildman–Crippen MR) is 84.3 cm³/mol. The van der Waals surface area contributed by atoms with Crippen molar-refractivity contribution in [3.63, 3.8) is 0 Å². The van der Waals surface area contributed by atoms with Gasteiger partial charge in [-0.2, -0.15) is 11.8 Å². The Kier molecular flexibility index (Phi) is 5.34. The van der Waals surface area contributed by atoms with Crippen LogP contribution in [-0.2, 0) is 6.42 Å². The lowest BCUT2D eigenvalue weighted by molar-refractivity contribution is 0.743. The van der Waals surface area contributed by atoms with Gasteiger partial charge in [0.1, 0.15) is 16.8 Å². The van der Waals surface area contributed by atoms with E-state index in [0.717, 1.165) is 35.3 Å². The Labute approximate surface area is 124 Å². The third-order valence-electron chi connectivity index (χ3n) is 3.67. The van der Waals surface area contributed by atoms with Crippen molar-refractivity contribution in [2.75, 3.05) is 11.6 Å². The molecule has 1 aromatic rings. The van der Waals surface area contributed by atoms with Gasteiger partial charge in [0.25, 0.3) is 0 Å². The van der Waals surface area contributed by atoms with Crippen LogP contribution in [0.2, 0.25) is 5.15 Å². The van der Waals surface area contributed by atoms with Gasteiger partial charge >= 0.3 is 0 Å². The maximum atomic E-state index is 6.20. The summed E-state index contributed by atoms with van der Waals surface area (Å²) >= 11 is 8.17. The van der Waals surface area contributed by atoms with E-state index in [1.165, 1.54) is 19.3 Å². The van der Waals surface area contributed by atoms with E-state index in [1.54, 1.807) is 0 Å². The SMILES string of the molecule is CCCc1nc(Cl)c(C)c(NC2CCC(SC)C2)n1. The van der Waals surface area contributed by atoms with Gasteiger partial charge in [0, 0.05) is 23.3 Å². The molecule has 0 aromatic carbocycles. The van der Waals surface area contributed by atoms with Gasteiger partial charge in [-0.3, -0.25) is 0 Å². The Balaban J connectivity index is 2.10. The van der Waals surface area contributed by atoms with Crippen LogP contribution in [0.1, 0.15) is 44.0 Å². The molecule has 1 aliphatic carbocycles. The Morgan fingerprint density at radius 3 is 2.79 bits per heavy atom. The second kappa shape index (κ2) is 6.80. The molecular formula is C14H22ClN3S. The molecule has 2 rings (SSSR count). The van der Waals surface area contributed by atoms with E-state index >= 15 is 0 Å². The van der Waals surface area contributed by atoms with Crippen molar-refractivity contribution in [1.82, 2.24) is 9.97 Å². The van der Waals surface area contributed by atoms with Crippen LogP contribution in [0.3, 0.4) is 0 Å². The van der Waals surface area contributed by atoms with Crippen molar-refractivity contribution in [2.45, 2.75) is 57.2 Å². The normalized spacial score (nSPS) is 22.7. The highest BCUT2D eigenvalue weighted by Crippen LogP contribution is 2.31. The largest absolute Gasteiger partial charge is 0.367 e. The molecule has 1 fully saturated rings. The number of aryl methyl sites for hydroxylation is 1. The summed E-state index contributed by atoms with van der Waals surface area (Å²) in [5, 5.41) is 4.93. The summed E-state index contributed by atoms with van der Waals surface area (Å²) in [6.07, 6.45) is 7.84. The Morgan fingerprint density at radius 2 is 2.16 bits per heavy atom. The zero-order valence-corrected chi connectivity index (χ0v) is 13.4. The van der Waals surface area contributed by atoms with E-state index < -0.39 is 0 Å². The van der Waals surface area contributed by atoms with E-state index in [0.29, 0.717) is 11.2 Å². The first kappa shape index (κ1) is 14.9. The average Bonchev–Trinajstić information content (AvgIpc) is 2.83. The first-order valence-corrected chi connectivity index (χ1v) is 8.63. The molecule has 1 heterocycles. The fourth-order valence-electron chi connectivity index (χ4n) is 2.49. The molecule has 0 amide bonds. The molecule has 3 nitrogen and oxygen atoms in total. The molecule has 0 bridgehead atoms. The smallest absolute Gasteiger partial charge is 0.137 e. The molecule has 1 saturated carbocycles. The molecule has 0 aliphatic heterocycles. The summed E-state index contributed by atoms with van der Waals surface area (Å²) in [5.74, 6) is 1.77. The number of hydrogen-bond donors (Lipinski definition) is 1. The lowest BCUT2D eigenvalue weighted by atomic mass is 10.2. The summed E-state index contributed by atoms with van der Waals surface area (Å²) in [6.45, 7) is 4.12. The van der Waals surface area contributed by atoms with Crippen LogP contribution in [0, 0.1) is 6.92 Å². The van der Waals surface area contributed by atoms with Gasteiger partial charge in [0.2, 0.25) is 0 Å². The van der Waals surface area contributed by atoms with E-state index in [4.69, 9.17) is 11.6 Å². The van der Waals surface area contributed by atoms with Crippen molar-refractivity contribution in [3.8, 4) is 0 Å². The lowest BCUT2D eigenvalue weighted by Crippen LogP contribution is -2.18. The number of rotatable bonds is 5. The third-order valence-corrected chi connectivity index (χ3v) is 5.13. The van der Waals surface area contributed by atoms with E-state index in [1.807, 2.05) is 18.7 Å². The minimum atomic E-state index is 0.525. The second-order valence-corrected chi connectivity index (χ2v) is 6.66. The molecule has 19 heavy (non-hydrogen) atoms. The van der Waals surface area contributed by atoms with Crippen molar-refractivity contribution in [2.24, 2.45) is 0 Å². The molecule has 5 heteroatoms. The van der Waals surface area contributed by atoms with Crippen LogP contribution in [0.5, 0.6) is 0 Å². The molecule has 1 N–H and O–H groups in total. The van der Waals surface area contributed by atoms with Gasteiger partial charge in [-0.15, -0.1) is 0 Å². The van der Waals surface area contributed by atoms with E-state index in [9.17, 15) is 0 Å². The van der Waals surface area contributed by atoms with Crippen LogP contribution in [0.15, 0.2) is 0 Å². The average molecular weight is 300 g/mol. The molecular weight excluding hydrogens is 278 g/mol. The summed E-state index contributed by atoms with van der Waals surface area (Å²) < 4.78 is 0. The monoisotopic (exact) mass is 299 g/mol. The summed E-state index contributed by atoms with van der Waals surface area (Å²) in [5.41, 5.74) is 0.967. The fraction of sp³-hybridized carbons (Fsp3) is 0.714. The van der Waals surface area contributed by atoms with Crippen LogP contribution < -0.4 is 5.32 Å². The topological polar surface area (TPSA) is 37.8 Å². The first-order chi connectivity index (χ1) is 9.13. The molecule has 0 spiro atoms. The Hall–Kier alpha value is -0.480. The van der Waals surface area contributed by atoms with Gasteiger partial charge in [-0.25, -0.2) is 9.97 Å². The zero-order chi connectivity index (χ0) is 13.8. The number of thioether (sulfide) groups is 1. The maximum absolute atomic E-state index is 6.20. The maximum Gasteiger partial charge on any atom is 0.137 e. The van der Waals surface area contributed by atoms with Crippen LogP contribution in [0.25, 0.3) is 0 Å². The Morgan fingerprint density at radius 1 is 1.37 bits per heavy atom. The quantitative estimate of drug-likeness (QED) is 0.831. The fourth-order valence-corrected chi connectivity index (χ4v) is 3.47. The number of halogens is 1. The van der Waals surface area contributed by atoms with Crippen molar-refractivity contribution in [1.29, 1.82) is 0 Å². The number of nitrogens with one attached hydrogen (secondary N) is 1. The van der Waals surface area contributed by atoms with Crippen molar-refractivity contribution in [3.05, 3.63) is 16.5 Å². The zero-order valence-electron chi connectivity index (χ0n) is 11.9. The van der Waals surface area contributed by atoms with Gasteiger partial charge in [-0.05, 0) is 38.9 Å². The second-order valence-electron chi connectivity index (χ2n) is 5.17. The Bertz CT molecular complexity index is 439. The lowest BCUT2D eigenvalue weighted by Gasteiger charge is -2.16. The number of hydrogen-bond acceptors (Lipinski definition) is 4. The number of anilines is 1. The first-order valence-electron chi connectivity index (χ1n) is 6.96. The van der Waals surface area contributed by atoms with Gasteiger partial charge in [0.15, 0.2) is 0 Å².